The minimum atomic E-state index is -0.165. The second-order valence-corrected chi connectivity index (χ2v) is 5.12. The molecule has 2 aromatic rings. The van der Waals surface area contributed by atoms with Gasteiger partial charge in [0.25, 0.3) is 0 Å². The topological polar surface area (TPSA) is 116 Å². The van der Waals surface area contributed by atoms with Crippen LogP contribution in [0.15, 0.2) is 18.3 Å². The maximum Gasteiger partial charge on any atom is 0.220 e. The van der Waals surface area contributed by atoms with E-state index in [9.17, 15) is 15.3 Å². The van der Waals surface area contributed by atoms with Crippen molar-refractivity contribution in [2.24, 2.45) is 0 Å². The molecule has 110 valence electrons. The van der Waals surface area contributed by atoms with E-state index in [1.165, 1.54) is 12.1 Å². The average Bonchev–Trinajstić information content (AvgIpc) is 2.43. The van der Waals surface area contributed by atoms with Crippen LogP contribution in [0.2, 0.25) is 0 Å². The zero-order valence-electron chi connectivity index (χ0n) is 11.3. The summed E-state index contributed by atoms with van der Waals surface area (Å²) >= 11 is 0. The van der Waals surface area contributed by atoms with E-state index >= 15 is 0 Å². The molecule has 7 heteroatoms. The molecule has 0 spiro atoms. The fraction of sp³-hybridized carbons (Fsp3) is 0.286. The minimum absolute atomic E-state index is 0.119. The molecule has 1 aromatic heterocycles. The van der Waals surface area contributed by atoms with Crippen molar-refractivity contribution in [3.63, 3.8) is 0 Å². The van der Waals surface area contributed by atoms with E-state index in [4.69, 9.17) is 5.73 Å². The Kier molecular flexibility index (Phi) is 3.26. The number of hydrogen-bond acceptors (Lipinski definition) is 7. The summed E-state index contributed by atoms with van der Waals surface area (Å²) in [4.78, 5) is 10.3. The van der Waals surface area contributed by atoms with Crippen molar-refractivity contribution in [1.29, 1.82) is 0 Å². The van der Waals surface area contributed by atoms with E-state index in [1.807, 2.05) is 0 Å². The van der Waals surface area contributed by atoms with E-state index < -0.39 is 0 Å². The van der Waals surface area contributed by atoms with Crippen LogP contribution >= 0.6 is 0 Å². The molecule has 0 saturated heterocycles. The number of hydrogen-bond donors (Lipinski definition) is 4. The molecule has 0 saturated carbocycles. The second-order valence-electron chi connectivity index (χ2n) is 5.12. The van der Waals surface area contributed by atoms with Crippen LogP contribution in [0.4, 0.5) is 5.95 Å². The van der Waals surface area contributed by atoms with Gasteiger partial charge in [0.15, 0.2) is 0 Å². The van der Waals surface area contributed by atoms with E-state index in [1.54, 1.807) is 6.20 Å². The lowest BCUT2D eigenvalue weighted by molar-refractivity contribution is 0.236. The highest BCUT2D eigenvalue weighted by atomic mass is 16.3. The maximum absolute atomic E-state index is 9.85. The Morgan fingerprint density at radius 2 is 1.90 bits per heavy atom. The van der Waals surface area contributed by atoms with Crippen molar-refractivity contribution in [1.82, 2.24) is 14.9 Å². The Balaban J connectivity index is 1.80. The summed E-state index contributed by atoms with van der Waals surface area (Å²) in [5, 5.41) is 29.0. The lowest BCUT2D eigenvalue weighted by Gasteiger charge is -2.28. The summed E-state index contributed by atoms with van der Waals surface area (Å²) in [7, 11) is 0. The number of benzene rings is 1. The number of nitrogens with zero attached hydrogens (tertiary/aromatic N) is 3. The van der Waals surface area contributed by atoms with Crippen LogP contribution in [0.5, 0.6) is 17.2 Å². The number of nitrogens with two attached hydrogens (primary N) is 1. The predicted octanol–water partition coefficient (Wildman–Crippen LogP) is 0.734. The molecule has 1 aromatic carbocycles. The van der Waals surface area contributed by atoms with Gasteiger partial charge in [-0.3, -0.25) is 4.90 Å². The molecular formula is C14H16N4O3. The molecule has 7 nitrogen and oxygen atoms in total. The van der Waals surface area contributed by atoms with Crippen LogP contribution in [-0.2, 0) is 19.5 Å². The van der Waals surface area contributed by atoms with Crippen LogP contribution in [0.25, 0.3) is 0 Å². The molecular weight excluding hydrogens is 272 g/mol. The number of phenolic OH excluding ortho intramolecular Hbond substituents is 3. The fourth-order valence-corrected chi connectivity index (χ4v) is 2.54. The fourth-order valence-electron chi connectivity index (χ4n) is 2.54. The first-order chi connectivity index (χ1) is 10.0. The van der Waals surface area contributed by atoms with Gasteiger partial charge in [0.05, 0.1) is 5.69 Å². The van der Waals surface area contributed by atoms with Crippen LogP contribution in [0.1, 0.15) is 16.8 Å². The first-order valence-corrected chi connectivity index (χ1v) is 6.59. The molecule has 1 aliphatic rings. The van der Waals surface area contributed by atoms with Gasteiger partial charge in [0.1, 0.15) is 17.2 Å². The van der Waals surface area contributed by atoms with Crippen molar-refractivity contribution in [2.45, 2.75) is 19.5 Å². The Labute approximate surface area is 121 Å². The van der Waals surface area contributed by atoms with E-state index in [0.717, 1.165) is 24.2 Å². The largest absolute Gasteiger partial charge is 0.508 e. The van der Waals surface area contributed by atoms with Crippen molar-refractivity contribution in [3.05, 3.63) is 35.2 Å². The zero-order valence-corrected chi connectivity index (χ0v) is 11.3. The molecule has 0 bridgehead atoms. The summed E-state index contributed by atoms with van der Waals surface area (Å²) in [6, 6.07) is 2.44. The van der Waals surface area contributed by atoms with Gasteiger partial charge in [0, 0.05) is 55.5 Å². The SMILES string of the molecule is Nc1ncc2c(n1)CCN(Cc1c(O)cc(O)cc1O)C2. The minimum Gasteiger partial charge on any atom is -0.508 e. The quantitative estimate of drug-likeness (QED) is 0.644. The molecule has 21 heavy (non-hydrogen) atoms. The summed E-state index contributed by atoms with van der Waals surface area (Å²) in [6.07, 6.45) is 2.45. The first-order valence-electron chi connectivity index (χ1n) is 6.59. The van der Waals surface area contributed by atoms with E-state index in [0.29, 0.717) is 18.7 Å². The summed E-state index contributed by atoms with van der Waals surface area (Å²) in [6.45, 7) is 1.74. The summed E-state index contributed by atoms with van der Waals surface area (Å²) in [5.41, 5.74) is 7.90. The van der Waals surface area contributed by atoms with E-state index in [-0.39, 0.29) is 23.2 Å². The number of aromatic nitrogens is 2. The number of rotatable bonds is 2. The third-order valence-corrected chi connectivity index (χ3v) is 3.60. The number of phenols is 3. The monoisotopic (exact) mass is 288 g/mol. The lowest BCUT2D eigenvalue weighted by atomic mass is 10.1. The predicted molar refractivity (Wildman–Crippen MR) is 75.7 cm³/mol. The van der Waals surface area contributed by atoms with Gasteiger partial charge in [-0.15, -0.1) is 0 Å². The standard InChI is InChI=1S/C14H16N4O3/c15-14-16-5-8-6-18(2-1-11(8)17-14)7-10-12(20)3-9(19)4-13(10)21/h3-5,19-21H,1-2,6-7H2,(H2,15,16,17). The van der Waals surface area contributed by atoms with Crippen molar-refractivity contribution in [3.8, 4) is 17.2 Å². The lowest BCUT2D eigenvalue weighted by Crippen LogP contribution is -2.31. The number of anilines is 1. The van der Waals surface area contributed by atoms with Gasteiger partial charge in [-0.25, -0.2) is 9.97 Å². The molecule has 0 radical (unpaired) electrons. The van der Waals surface area contributed by atoms with Crippen LogP contribution in [0.3, 0.4) is 0 Å². The second kappa shape index (κ2) is 5.10. The number of aromatic hydroxyl groups is 3. The van der Waals surface area contributed by atoms with Crippen molar-refractivity contribution in [2.75, 3.05) is 12.3 Å². The highest BCUT2D eigenvalue weighted by Crippen LogP contribution is 2.33. The van der Waals surface area contributed by atoms with Crippen LogP contribution in [-0.4, -0.2) is 36.7 Å². The van der Waals surface area contributed by atoms with Crippen molar-refractivity contribution >= 4 is 5.95 Å². The molecule has 5 N–H and O–H groups in total. The van der Waals surface area contributed by atoms with Gasteiger partial charge < -0.3 is 21.1 Å². The highest BCUT2D eigenvalue weighted by Gasteiger charge is 2.20. The van der Waals surface area contributed by atoms with Gasteiger partial charge in [0.2, 0.25) is 5.95 Å². The van der Waals surface area contributed by atoms with Crippen LogP contribution in [0, 0.1) is 0 Å². The molecule has 0 unspecified atom stereocenters. The molecule has 0 atom stereocenters. The molecule has 0 fully saturated rings. The molecule has 1 aliphatic heterocycles. The van der Waals surface area contributed by atoms with Gasteiger partial charge in [-0.05, 0) is 0 Å². The number of fused-ring (bicyclic) bond motifs is 1. The molecule has 0 aliphatic carbocycles. The van der Waals surface area contributed by atoms with Gasteiger partial charge in [-0.1, -0.05) is 0 Å². The third-order valence-electron chi connectivity index (χ3n) is 3.60. The first kappa shape index (κ1) is 13.4. The molecule has 0 amide bonds. The zero-order chi connectivity index (χ0) is 15.0. The smallest absolute Gasteiger partial charge is 0.220 e. The summed E-state index contributed by atoms with van der Waals surface area (Å²) in [5.74, 6) is -0.128. The Hall–Kier alpha value is -2.54. The van der Waals surface area contributed by atoms with Gasteiger partial charge in [-0.2, -0.15) is 0 Å². The van der Waals surface area contributed by atoms with Crippen LogP contribution < -0.4 is 5.73 Å². The Bertz CT molecular complexity index is 667. The average molecular weight is 288 g/mol. The van der Waals surface area contributed by atoms with Gasteiger partial charge >= 0.3 is 0 Å². The number of nitrogen functional groups attached to an aromatic ring is 1. The Morgan fingerprint density at radius 3 is 2.62 bits per heavy atom. The van der Waals surface area contributed by atoms with Crippen molar-refractivity contribution < 1.29 is 15.3 Å². The Morgan fingerprint density at radius 1 is 1.19 bits per heavy atom. The maximum atomic E-state index is 9.85. The third kappa shape index (κ3) is 2.68. The summed E-state index contributed by atoms with van der Waals surface area (Å²) < 4.78 is 0. The molecule has 3 rings (SSSR count). The normalized spacial score (nSPS) is 14.9. The highest BCUT2D eigenvalue weighted by molar-refractivity contribution is 5.48. The van der Waals surface area contributed by atoms with E-state index in [2.05, 4.69) is 14.9 Å². The molecule has 2 heterocycles.